The van der Waals surface area contributed by atoms with E-state index in [1.807, 2.05) is 36.4 Å². The molecule has 1 aromatic heterocycles. The normalized spacial score (nSPS) is 11.1. The largest absolute Gasteiger partial charge is 0.422 e. The van der Waals surface area contributed by atoms with E-state index in [0.29, 0.717) is 16.7 Å². The SMILES string of the molecule is O=c1oc2cc3ccccc3cc2cc1-c1ccc(F)cc1. The first kappa shape index (κ1) is 12.8. The Balaban J connectivity index is 2.00. The molecule has 0 saturated heterocycles. The summed E-state index contributed by atoms with van der Waals surface area (Å²) in [7, 11) is 0. The molecule has 0 saturated carbocycles. The topological polar surface area (TPSA) is 30.2 Å². The summed E-state index contributed by atoms with van der Waals surface area (Å²) >= 11 is 0. The van der Waals surface area contributed by atoms with Crippen molar-refractivity contribution in [2.75, 3.05) is 0 Å². The number of rotatable bonds is 1. The van der Waals surface area contributed by atoms with Crippen molar-refractivity contribution in [1.82, 2.24) is 0 Å². The van der Waals surface area contributed by atoms with Crippen molar-refractivity contribution in [3.8, 4) is 11.1 Å². The maximum atomic E-state index is 13.0. The Morgan fingerprint density at radius 2 is 1.45 bits per heavy atom. The minimum atomic E-state index is -0.422. The van der Waals surface area contributed by atoms with Crippen LogP contribution in [-0.4, -0.2) is 0 Å². The third-order valence-corrected chi connectivity index (χ3v) is 3.76. The van der Waals surface area contributed by atoms with E-state index < -0.39 is 5.63 Å². The van der Waals surface area contributed by atoms with Crippen molar-refractivity contribution in [1.29, 1.82) is 0 Å². The van der Waals surface area contributed by atoms with Gasteiger partial charge < -0.3 is 4.42 Å². The fraction of sp³-hybridized carbons (Fsp3) is 0. The van der Waals surface area contributed by atoms with Crippen LogP contribution < -0.4 is 5.63 Å². The molecule has 4 rings (SSSR count). The first-order chi connectivity index (χ1) is 10.7. The van der Waals surface area contributed by atoms with Crippen LogP contribution in [0.2, 0.25) is 0 Å². The number of fused-ring (bicyclic) bond motifs is 2. The lowest BCUT2D eigenvalue weighted by Gasteiger charge is -2.04. The third-order valence-electron chi connectivity index (χ3n) is 3.76. The highest BCUT2D eigenvalue weighted by Gasteiger charge is 2.09. The van der Waals surface area contributed by atoms with Gasteiger partial charge >= 0.3 is 5.63 Å². The van der Waals surface area contributed by atoms with E-state index in [1.54, 1.807) is 18.2 Å². The molecule has 0 N–H and O–H groups in total. The van der Waals surface area contributed by atoms with Crippen molar-refractivity contribution in [2.24, 2.45) is 0 Å². The highest BCUT2D eigenvalue weighted by Crippen LogP contribution is 2.25. The molecular formula is C19H11FO2. The van der Waals surface area contributed by atoms with Gasteiger partial charge in [0, 0.05) is 5.39 Å². The number of halogens is 1. The Morgan fingerprint density at radius 1 is 0.773 bits per heavy atom. The van der Waals surface area contributed by atoms with Gasteiger partial charge in [0.05, 0.1) is 5.56 Å². The van der Waals surface area contributed by atoms with Gasteiger partial charge in [-0.2, -0.15) is 0 Å². The van der Waals surface area contributed by atoms with Crippen LogP contribution in [0.5, 0.6) is 0 Å². The molecule has 0 amide bonds. The lowest BCUT2D eigenvalue weighted by molar-refractivity contribution is 0.564. The molecule has 0 atom stereocenters. The molecule has 0 aliphatic heterocycles. The minimum Gasteiger partial charge on any atom is -0.422 e. The van der Waals surface area contributed by atoms with Gasteiger partial charge in [-0.15, -0.1) is 0 Å². The molecule has 0 aliphatic rings. The quantitative estimate of drug-likeness (QED) is 0.374. The van der Waals surface area contributed by atoms with Crippen molar-refractivity contribution < 1.29 is 8.81 Å². The Kier molecular flexibility index (Phi) is 2.79. The molecule has 0 aliphatic carbocycles. The molecule has 3 aromatic carbocycles. The van der Waals surface area contributed by atoms with E-state index in [-0.39, 0.29) is 5.82 Å². The van der Waals surface area contributed by atoms with Crippen molar-refractivity contribution in [3.63, 3.8) is 0 Å². The Bertz CT molecular complexity index is 1050. The van der Waals surface area contributed by atoms with Gasteiger partial charge in [0.1, 0.15) is 11.4 Å². The highest BCUT2D eigenvalue weighted by atomic mass is 19.1. The molecule has 106 valence electrons. The van der Waals surface area contributed by atoms with Crippen LogP contribution in [0.4, 0.5) is 4.39 Å². The summed E-state index contributed by atoms with van der Waals surface area (Å²) in [6.45, 7) is 0. The fourth-order valence-corrected chi connectivity index (χ4v) is 2.64. The first-order valence-electron chi connectivity index (χ1n) is 6.93. The predicted molar refractivity (Wildman–Crippen MR) is 85.4 cm³/mol. The van der Waals surface area contributed by atoms with E-state index >= 15 is 0 Å². The first-order valence-corrected chi connectivity index (χ1v) is 6.93. The fourth-order valence-electron chi connectivity index (χ4n) is 2.64. The molecular weight excluding hydrogens is 279 g/mol. The lowest BCUT2D eigenvalue weighted by atomic mass is 10.0. The second-order valence-corrected chi connectivity index (χ2v) is 5.19. The van der Waals surface area contributed by atoms with E-state index in [1.165, 1.54) is 12.1 Å². The van der Waals surface area contributed by atoms with Crippen LogP contribution in [0.3, 0.4) is 0 Å². The van der Waals surface area contributed by atoms with Crippen LogP contribution in [0.25, 0.3) is 32.9 Å². The molecule has 0 fully saturated rings. The molecule has 2 nitrogen and oxygen atoms in total. The molecule has 3 heteroatoms. The molecule has 0 spiro atoms. The summed E-state index contributed by atoms with van der Waals surface area (Å²) in [6, 6.07) is 19.4. The third kappa shape index (κ3) is 2.07. The van der Waals surface area contributed by atoms with Crippen LogP contribution in [0.15, 0.2) is 75.9 Å². The smallest absolute Gasteiger partial charge is 0.344 e. The standard InChI is InChI=1S/C19H11FO2/c20-16-7-5-12(6-8-16)17-10-15-9-13-3-1-2-4-14(13)11-18(15)22-19(17)21/h1-11H. The van der Waals surface area contributed by atoms with Crippen molar-refractivity contribution in [2.45, 2.75) is 0 Å². The van der Waals surface area contributed by atoms with E-state index in [9.17, 15) is 9.18 Å². The zero-order chi connectivity index (χ0) is 15.1. The van der Waals surface area contributed by atoms with Crippen LogP contribution in [0, 0.1) is 5.82 Å². The van der Waals surface area contributed by atoms with Crippen LogP contribution >= 0.6 is 0 Å². The minimum absolute atomic E-state index is 0.333. The van der Waals surface area contributed by atoms with Gasteiger partial charge in [0.15, 0.2) is 0 Å². The van der Waals surface area contributed by atoms with Crippen LogP contribution in [-0.2, 0) is 0 Å². The number of hydrogen-bond donors (Lipinski definition) is 0. The van der Waals surface area contributed by atoms with Crippen molar-refractivity contribution in [3.05, 3.63) is 83.0 Å². The Morgan fingerprint density at radius 3 is 2.18 bits per heavy atom. The van der Waals surface area contributed by atoms with Crippen LogP contribution in [0.1, 0.15) is 0 Å². The van der Waals surface area contributed by atoms with Gasteiger partial charge in [0.2, 0.25) is 0 Å². The maximum absolute atomic E-state index is 13.0. The molecule has 4 aromatic rings. The summed E-state index contributed by atoms with van der Waals surface area (Å²) in [5, 5.41) is 2.94. The summed E-state index contributed by atoms with van der Waals surface area (Å²) in [6.07, 6.45) is 0. The van der Waals surface area contributed by atoms with Gasteiger partial charge in [-0.3, -0.25) is 0 Å². The van der Waals surface area contributed by atoms with Gasteiger partial charge in [-0.05, 0) is 46.7 Å². The summed E-state index contributed by atoms with van der Waals surface area (Å²) < 4.78 is 18.5. The molecule has 0 radical (unpaired) electrons. The zero-order valence-corrected chi connectivity index (χ0v) is 11.5. The second kappa shape index (κ2) is 4.81. The van der Waals surface area contributed by atoms with E-state index in [4.69, 9.17) is 4.42 Å². The van der Waals surface area contributed by atoms with E-state index in [0.717, 1.165) is 16.2 Å². The maximum Gasteiger partial charge on any atom is 0.344 e. The van der Waals surface area contributed by atoms with Gasteiger partial charge in [-0.1, -0.05) is 36.4 Å². The summed E-state index contributed by atoms with van der Waals surface area (Å²) in [4.78, 5) is 12.2. The number of hydrogen-bond acceptors (Lipinski definition) is 2. The Hall–Kier alpha value is -2.94. The average Bonchev–Trinajstić information content (AvgIpc) is 2.53. The highest BCUT2D eigenvalue weighted by molar-refractivity contribution is 5.96. The number of benzene rings is 3. The summed E-state index contributed by atoms with van der Waals surface area (Å²) in [5.41, 5.74) is 1.21. The molecule has 0 bridgehead atoms. The summed E-state index contributed by atoms with van der Waals surface area (Å²) in [5.74, 6) is -0.333. The molecule has 22 heavy (non-hydrogen) atoms. The monoisotopic (exact) mass is 290 g/mol. The molecule has 0 unspecified atom stereocenters. The average molecular weight is 290 g/mol. The van der Waals surface area contributed by atoms with Crippen molar-refractivity contribution >= 4 is 21.7 Å². The predicted octanol–water partition coefficient (Wildman–Crippen LogP) is 4.75. The zero-order valence-electron chi connectivity index (χ0n) is 11.5. The van der Waals surface area contributed by atoms with E-state index in [2.05, 4.69) is 0 Å². The second-order valence-electron chi connectivity index (χ2n) is 5.19. The molecule has 1 heterocycles. The lowest BCUT2D eigenvalue weighted by Crippen LogP contribution is -2.02. The Labute approximate surface area is 125 Å². The van der Waals surface area contributed by atoms with Gasteiger partial charge in [0.25, 0.3) is 0 Å². The van der Waals surface area contributed by atoms with Gasteiger partial charge in [-0.25, -0.2) is 9.18 Å².